The van der Waals surface area contributed by atoms with Gasteiger partial charge in [0.25, 0.3) is 0 Å². The molecule has 0 aromatic rings. The fraction of sp³-hybridized carbons (Fsp3) is 0.838. The molecule has 0 saturated heterocycles. The largest absolute Gasteiger partial charge is 0.357 e. The van der Waals surface area contributed by atoms with Crippen molar-refractivity contribution >= 4 is 23.6 Å². The minimum Gasteiger partial charge on any atom is -0.357 e. The van der Waals surface area contributed by atoms with Crippen molar-refractivity contribution in [2.24, 2.45) is 17.2 Å². The maximum Gasteiger partial charge on any atom is 0.242 e. The molecule has 0 aliphatic heterocycles. The number of nitrogens with two attached hydrogens (primary N) is 3. The number of hydrogen-bond donors (Lipinski definition) is 7. The number of likely N-dealkylation sites (N-methyl/N-ethyl adjacent to an activating group) is 1. The van der Waals surface area contributed by atoms with Gasteiger partial charge in [0.1, 0.15) is 12.1 Å². The van der Waals surface area contributed by atoms with Gasteiger partial charge in [-0.25, -0.2) is 0 Å². The zero-order chi connectivity index (χ0) is 35.7. The summed E-state index contributed by atoms with van der Waals surface area (Å²) in [4.78, 5) is 50.5. The Morgan fingerprint density at radius 1 is 0.583 bits per heavy atom. The standard InChI is InChI=1S/C37H73N7O4/c1-3-4-5-6-7-8-9-10-11-12-13-14-15-16-17-27-34(45)43-32(36(47)41-2)26-20-23-30-42-37(48)33(25-19-22-29-39)44-35(46)31(40)24-18-21-28-38/h10-11,31-33H,3-9,12-30,38-40H2,1-2H3,(H,41,47)(H,42,48)(H,43,45)(H,44,46)/b11-10-. The number of allylic oxidation sites excluding steroid dienone is 2. The molecule has 4 amide bonds. The summed E-state index contributed by atoms with van der Waals surface area (Å²) in [6.45, 7) is 3.71. The SMILES string of the molecule is CCCCCCCC/C=C\CCCCCCCC(=O)NC(CCCCNC(=O)C(CCCCN)NC(=O)C(N)CCCCN)C(=O)NC. The van der Waals surface area contributed by atoms with E-state index in [0.717, 1.165) is 44.9 Å². The van der Waals surface area contributed by atoms with Crippen LogP contribution in [0.5, 0.6) is 0 Å². The van der Waals surface area contributed by atoms with E-state index in [2.05, 4.69) is 40.3 Å². The molecule has 3 atom stereocenters. The molecule has 0 fully saturated rings. The number of rotatable bonds is 33. The molecule has 0 heterocycles. The van der Waals surface area contributed by atoms with E-state index in [0.29, 0.717) is 64.6 Å². The molecule has 0 bridgehead atoms. The van der Waals surface area contributed by atoms with Crippen molar-refractivity contribution < 1.29 is 19.2 Å². The van der Waals surface area contributed by atoms with Crippen LogP contribution in [0.15, 0.2) is 12.2 Å². The van der Waals surface area contributed by atoms with Crippen LogP contribution in [0.3, 0.4) is 0 Å². The van der Waals surface area contributed by atoms with Crippen molar-refractivity contribution in [3.63, 3.8) is 0 Å². The Bertz CT molecular complexity index is 856. The molecule has 0 spiro atoms. The number of carbonyl (C=O) groups excluding carboxylic acids is 4. The summed E-state index contributed by atoms with van der Waals surface area (Å²) in [5.74, 6) is -0.925. The van der Waals surface area contributed by atoms with Crippen molar-refractivity contribution in [1.29, 1.82) is 0 Å². The van der Waals surface area contributed by atoms with Crippen molar-refractivity contribution in [3.8, 4) is 0 Å². The van der Waals surface area contributed by atoms with E-state index in [9.17, 15) is 19.2 Å². The highest BCUT2D eigenvalue weighted by Gasteiger charge is 2.23. The second-order valence-corrected chi connectivity index (χ2v) is 13.1. The van der Waals surface area contributed by atoms with Gasteiger partial charge in [0, 0.05) is 20.0 Å². The van der Waals surface area contributed by atoms with Gasteiger partial charge in [-0.05, 0) is 96.6 Å². The minimum absolute atomic E-state index is 0.105. The third-order valence-electron chi connectivity index (χ3n) is 8.67. The number of carbonyl (C=O) groups is 4. The van der Waals surface area contributed by atoms with Gasteiger partial charge in [0.15, 0.2) is 0 Å². The summed E-state index contributed by atoms with van der Waals surface area (Å²) >= 11 is 0. The van der Waals surface area contributed by atoms with E-state index >= 15 is 0 Å². The molecule has 0 aliphatic carbocycles. The smallest absolute Gasteiger partial charge is 0.242 e. The Balaban J connectivity index is 4.31. The molecule has 48 heavy (non-hydrogen) atoms. The molecule has 0 aromatic heterocycles. The maximum atomic E-state index is 12.9. The van der Waals surface area contributed by atoms with E-state index in [4.69, 9.17) is 17.2 Å². The molecule has 10 N–H and O–H groups in total. The van der Waals surface area contributed by atoms with Gasteiger partial charge in [-0.3, -0.25) is 19.2 Å². The van der Waals surface area contributed by atoms with Gasteiger partial charge in [-0.15, -0.1) is 0 Å². The average Bonchev–Trinajstić information content (AvgIpc) is 3.08. The van der Waals surface area contributed by atoms with E-state index in [1.54, 1.807) is 7.05 Å². The predicted molar refractivity (Wildman–Crippen MR) is 198 cm³/mol. The fourth-order valence-electron chi connectivity index (χ4n) is 5.55. The molecule has 0 rings (SSSR count). The summed E-state index contributed by atoms with van der Waals surface area (Å²) < 4.78 is 0. The molecule has 11 nitrogen and oxygen atoms in total. The Morgan fingerprint density at radius 2 is 1.10 bits per heavy atom. The molecule has 0 aromatic carbocycles. The van der Waals surface area contributed by atoms with Gasteiger partial charge in [-0.2, -0.15) is 0 Å². The molecule has 11 heteroatoms. The van der Waals surface area contributed by atoms with Crippen LogP contribution in [0, 0.1) is 0 Å². The lowest BCUT2D eigenvalue weighted by atomic mass is 10.1. The molecule has 280 valence electrons. The first kappa shape index (κ1) is 45.5. The average molecular weight is 680 g/mol. The van der Waals surface area contributed by atoms with Crippen molar-refractivity contribution in [1.82, 2.24) is 21.3 Å². The van der Waals surface area contributed by atoms with E-state index in [-0.39, 0.29) is 23.6 Å². The van der Waals surface area contributed by atoms with Gasteiger partial charge in [-0.1, -0.05) is 76.9 Å². The maximum absolute atomic E-state index is 12.9. The van der Waals surface area contributed by atoms with Crippen LogP contribution in [0.25, 0.3) is 0 Å². The van der Waals surface area contributed by atoms with Crippen LogP contribution in [0.4, 0.5) is 0 Å². The molecule has 0 saturated carbocycles. The topological polar surface area (TPSA) is 194 Å². The highest BCUT2D eigenvalue weighted by molar-refractivity contribution is 5.89. The van der Waals surface area contributed by atoms with Gasteiger partial charge < -0.3 is 38.5 Å². The first-order valence-electron chi connectivity index (χ1n) is 19.2. The zero-order valence-electron chi connectivity index (χ0n) is 30.6. The molecule has 3 unspecified atom stereocenters. The third-order valence-corrected chi connectivity index (χ3v) is 8.67. The summed E-state index contributed by atoms with van der Waals surface area (Å²) in [5, 5.41) is 11.2. The Morgan fingerprint density at radius 3 is 1.69 bits per heavy atom. The van der Waals surface area contributed by atoms with Crippen LogP contribution in [0.2, 0.25) is 0 Å². The summed E-state index contributed by atoms with van der Waals surface area (Å²) in [6.07, 6.45) is 26.5. The minimum atomic E-state index is -0.685. The first-order valence-corrected chi connectivity index (χ1v) is 19.2. The summed E-state index contributed by atoms with van der Waals surface area (Å²) in [6, 6.07) is -1.97. The lowest BCUT2D eigenvalue weighted by molar-refractivity contribution is -0.130. The van der Waals surface area contributed by atoms with Crippen LogP contribution in [0.1, 0.15) is 155 Å². The van der Waals surface area contributed by atoms with Crippen molar-refractivity contribution in [2.75, 3.05) is 26.7 Å². The Labute approximate surface area is 292 Å². The fourth-order valence-corrected chi connectivity index (χ4v) is 5.55. The van der Waals surface area contributed by atoms with Crippen molar-refractivity contribution in [2.45, 2.75) is 173 Å². The molecule has 0 aliphatic rings. The van der Waals surface area contributed by atoms with Crippen LogP contribution < -0.4 is 38.5 Å². The predicted octanol–water partition coefficient (Wildman–Crippen LogP) is 4.61. The highest BCUT2D eigenvalue weighted by atomic mass is 16.2. The highest BCUT2D eigenvalue weighted by Crippen LogP contribution is 2.11. The van der Waals surface area contributed by atoms with E-state index < -0.39 is 18.1 Å². The Hall–Kier alpha value is -2.50. The first-order chi connectivity index (χ1) is 23.3. The number of hydrogen-bond acceptors (Lipinski definition) is 7. The molecule has 0 radical (unpaired) electrons. The molecular formula is C37H73N7O4. The van der Waals surface area contributed by atoms with Gasteiger partial charge >= 0.3 is 0 Å². The van der Waals surface area contributed by atoms with E-state index in [1.165, 1.54) is 57.8 Å². The van der Waals surface area contributed by atoms with Gasteiger partial charge in [0.05, 0.1) is 6.04 Å². The second-order valence-electron chi connectivity index (χ2n) is 13.1. The van der Waals surface area contributed by atoms with Crippen LogP contribution in [-0.2, 0) is 19.2 Å². The monoisotopic (exact) mass is 680 g/mol. The van der Waals surface area contributed by atoms with E-state index in [1.807, 2.05) is 0 Å². The van der Waals surface area contributed by atoms with Gasteiger partial charge in [0.2, 0.25) is 23.6 Å². The van der Waals surface area contributed by atoms with Crippen LogP contribution >= 0.6 is 0 Å². The second kappa shape index (κ2) is 33.0. The third kappa shape index (κ3) is 26.5. The van der Waals surface area contributed by atoms with Crippen LogP contribution in [-0.4, -0.2) is 68.4 Å². The lowest BCUT2D eigenvalue weighted by Crippen LogP contribution is -2.51. The number of unbranched alkanes of at least 4 members (excludes halogenated alkanes) is 14. The quantitative estimate of drug-likeness (QED) is 0.0389. The zero-order valence-corrected chi connectivity index (χ0v) is 30.6. The van der Waals surface area contributed by atoms with Crippen molar-refractivity contribution in [3.05, 3.63) is 12.2 Å². The Kier molecular flexibility index (Phi) is 31.3. The number of nitrogens with one attached hydrogen (secondary N) is 4. The normalized spacial score (nSPS) is 13.2. The summed E-state index contributed by atoms with van der Waals surface area (Å²) in [5.41, 5.74) is 17.1. The lowest BCUT2D eigenvalue weighted by Gasteiger charge is -2.21. The molecular weight excluding hydrogens is 606 g/mol. The number of amides is 4. The summed E-state index contributed by atoms with van der Waals surface area (Å²) in [7, 11) is 1.56.